The third-order valence-electron chi connectivity index (χ3n) is 16.9. The van der Waals surface area contributed by atoms with Crippen molar-refractivity contribution in [3.8, 4) is 0 Å². The van der Waals surface area contributed by atoms with Crippen LogP contribution in [0, 0.1) is 0 Å². The number of aliphatic hydroxyl groups excluding tert-OH is 2. The number of phosphoric acid groups is 2. The monoisotopic (exact) mass is 1490 g/mol. The van der Waals surface area contributed by atoms with E-state index in [2.05, 4.69) is 154 Å². The molecular weight excluding hydrogens is 1340 g/mol. The molecule has 592 valence electrons. The fourth-order valence-electron chi connectivity index (χ4n) is 10.8. The van der Waals surface area contributed by atoms with Crippen LogP contribution < -0.4 is 0 Å². The smallest absolute Gasteiger partial charge is 0.463 e. The fraction of sp³-hybridized carbons (Fsp3) is 0.706. The first-order chi connectivity index (χ1) is 50.2. The molecule has 0 amide bonds. The summed E-state index contributed by atoms with van der Waals surface area (Å²) in [4.78, 5) is 58.6. The number of carbonyl (C=O) groups is 3. The van der Waals surface area contributed by atoms with Gasteiger partial charge in [0.05, 0.1) is 26.4 Å². The van der Waals surface area contributed by atoms with Crippen molar-refractivity contribution in [2.45, 2.75) is 347 Å². The van der Waals surface area contributed by atoms with Crippen LogP contribution in [-0.4, -0.2) is 95.9 Å². The highest BCUT2D eigenvalue weighted by Gasteiger charge is 2.29. The lowest BCUT2D eigenvalue weighted by atomic mass is 10.0. The molecule has 0 radical (unpaired) electrons. The second-order valence-corrected chi connectivity index (χ2v) is 29.7. The van der Waals surface area contributed by atoms with Crippen LogP contribution in [0.2, 0.25) is 0 Å². The van der Waals surface area contributed by atoms with Crippen molar-refractivity contribution >= 4 is 33.6 Å². The molecule has 103 heavy (non-hydrogen) atoms. The van der Waals surface area contributed by atoms with E-state index in [1.54, 1.807) is 0 Å². The zero-order valence-corrected chi connectivity index (χ0v) is 66.5. The summed E-state index contributed by atoms with van der Waals surface area (Å²) in [5.41, 5.74) is 0. The number of esters is 3. The van der Waals surface area contributed by atoms with Gasteiger partial charge in [0.15, 0.2) is 6.10 Å². The average molecular weight is 1490 g/mol. The summed E-state index contributed by atoms with van der Waals surface area (Å²) in [6.45, 7) is 2.45. The van der Waals surface area contributed by atoms with E-state index < -0.39 is 91.5 Å². The van der Waals surface area contributed by atoms with Gasteiger partial charge < -0.3 is 34.2 Å². The van der Waals surface area contributed by atoms with E-state index in [4.69, 9.17) is 32.3 Å². The van der Waals surface area contributed by atoms with Gasteiger partial charge in [0.2, 0.25) is 0 Å². The van der Waals surface area contributed by atoms with Crippen LogP contribution in [0.3, 0.4) is 0 Å². The minimum atomic E-state index is -4.93. The van der Waals surface area contributed by atoms with E-state index in [1.807, 2.05) is 0 Å². The van der Waals surface area contributed by atoms with Gasteiger partial charge in [0, 0.05) is 19.3 Å². The van der Waals surface area contributed by atoms with E-state index in [0.29, 0.717) is 19.3 Å². The van der Waals surface area contributed by atoms with Crippen molar-refractivity contribution in [3.63, 3.8) is 0 Å². The van der Waals surface area contributed by atoms with Crippen LogP contribution in [0.5, 0.6) is 0 Å². The third kappa shape index (κ3) is 78.6. The van der Waals surface area contributed by atoms with Gasteiger partial charge in [-0.3, -0.25) is 32.5 Å². The van der Waals surface area contributed by atoms with E-state index in [-0.39, 0.29) is 19.3 Å². The van der Waals surface area contributed by atoms with Crippen LogP contribution in [0.4, 0.5) is 0 Å². The number of phosphoric ester groups is 2. The standard InChI is InChI=1S/C85H146O16P2/c1-4-7-10-13-16-19-22-25-27-29-31-33-34-35-36-37-38-39-40-41-42-43-44-46-48-49-51-54-56-59-62-65-68-71-83(88)95-74-80(86)75-97-102(91,92)98-76-81(87)77-99-103(93,94)100-79-82(101-85(90)73-70-67-64-61-58-53-24-21-18-15-12-9-6-3)78-96-84(89)72-69-66-63-60-57-55-52-50-47-45-32-30-28-26-23-20-17-14-11-8-5-2/h7-8,10-11,16-17,19-20,25-28,31-33,35-36,38-39,45,50,52,80-82,86-87H,4-6,9,12-15,18,21-24,29-30,34,37,40-44,46-49,51,53-79H2,1-3H3,(H,91,92)(H,93,94)/b10-7-,11-8-,19-16-,20-17-,27-25-,28-26-,33-31-,36-35-,39-38-,45-32-,52-50-. The van der Waals surface area contributed by atoms with Gasteiger partial charge in [-0.2, -0.15) is 0 Å². The minimum absolute atomic E-state index is 0.101. The lowest BCUT2D eigenvalue weighted by Gasteiger charge is -2.21. The number of ether oxygens (including phenoxy) is 3. The first-order valence-electron chi connectivity index (χ1n) is 40.5. The number of unbranched alkanes of at least 4 members (excludes halogenated alkanes) is 31. The molecule has 0 aromatic rings. The Labute approximate surface area is 626 Å². The maximum absolute atomic E-state index is 12.9. The molecule has 16 nitrogen and oxygen atoms in total. The molecule has 0 bridgehead atoms. The lowest BCUT2D eigenvalue weighted by molar-refractivity contribution is -0.161. The summed E-state index contributed by atoms with van der Waals surface area (Å²) >= 11 is 0. The van der Waals surface area contributed by atoms with Gasteiger partial charge in [0.1, 0.15) is 25.4 Å². The van der Waals surface area contributed by atoms with Crippen molar-refractivity contribution < 1.29 is 75.8 Å². The predicted molar refractivity (Wildman–Crippen MR) is 426 cm³/mol. The molecule has 0 aliphatic heterocycles. The second kappa shape index (κ2) is 77.3. The summed E-state index contributed by atoms with van der Waals surface area (Å²) < 4.78 is 61.1. The highest BCUT2D eigenvalue weighted by atomic mass is 31.2. The summed E-state index contributed by atoms with van der Waals surface area (Å²) in [7, 11) is -9.79. The summed E-state index contributed by atoms with van der Waals surface area (Å²) in [5.74, 6) is -1.59. The topological polar surface area (TPSA) is 231 Å². The third-order valence-corrected chi connectivity index (χ3v) is 18.8. The molecule has 0 aromatic heterocycles. The van der Waals surface area contributed by atoms with Gasteiger partial charge in [-0.05, 0) is 116 Å². The number of hydrogen-bond donors (Lipinski definition) is 4. The molecule has 0 heterocycles. The molecule has 18 heteroatoms. The van der Waals surface area contributed by atoms with Gasteiger partial charge in [0.25, 0.3) is 0 Å². The lowest BCUT2D eigenvalue weighted by Crippen LogP contribution is -2.30. The van der Waals surface area contributed by atoms with E-state index in [9.17, 15) is 43.5 Å². The molecule has 0 aromatic carbocycles. The van der Waals surface area contributed by atoms with Crippen LogP contribution in [0.25, 0.3) is 0 Å². The number of rotatable bonds is 76. The molecule has 0 saturated heterocycles. The van der Waals surface area contributed by atoms with Crippen LogP contribution in [0.15, 0.2) is 134 Å². The molecule has 5 unspecified atom stereocenters. The van der Waals surface area contributed by atoms with Crippen LogP contribution in [0.1, 0.15) is 329 Å². The first kappa shape index (κ1) is 98.7. The maximum Gasteiger partial charge on any atom is 0.472 e. The van der Waals surface area contributed by atoms with Gasteiger partial charge >= 0.3 is 33.6 Å². The quantitative estimate of drug-likeness (QED) is 0.0146. The van der Waals surface area contributed by atoms with Crippen molar-refractivity contribution in [2.75, 3.05) is 39.6 Å². The number of aliphatic hydroxyl groups is 2. The second-order valence-electron chi connectivity index (χ2n) is 26.8. The summed E-state index contributed by atoms with van der Waals surface area (Å²) in [5, 5.41) is 20.6. The molecular formula is C85H146O16P2. The Bertz CT molecular complexity index is 2410. The van der Waals surface area contributed by atoms with Gasteiger partial charge in [-0.15, -0.1) is 0 Å². The van der Waals surface area contributed by atoms with E-state index >= 15 is 0 Å². The summed E-state index contributed by atoms with van der Waals surface area (Å²) in [6, 6.07) is 0. The molecule has 5 atom stereocenters. The molecule has 0 rings (SSSR count). The van der Waals surface area contributed by atoms with E-state index in [0.717, 1.165) is 154 Å². The zero-order valence-electron chi connectivity index (χ0n) is 64.7. The van der Waals surface area contributed by atoms with Gasteiger partial charge in [-0.1, -0.05) is 328 Å². The Morgan fingerprint density at radius 1 is 0.282 bits per heavy atom. The van der Waals surface area contributed by atoms with E-state index in [1.165, 1.54) is 116 Å². The predicted octanol–water partition coefficient (Wildman–Crippen LogP) is 23.9. The Hall–Kier alpha value is -4.31. The van der Waals surface area contributed by atoms with Crippen molar-refractivity contribution in [1.82, 2.24) is 0 Å². The molecule has 0 spiro atoms. The van der Waals surface area contributed by atoms with Crippen molar-refractivity contribution in [3.05, 3.63) is 134 Å². The number of hydrogen-bond acceptors (Lipinski definition) is 14. The molecule has 0 aliphatic rings. The Balaban J connectivity index is 4.44. The van der Waals surface area contributed by atoms with Crippen LogP contribution in [-0.2, 0) is 55.8 Å². The van der Waals surface area contributed by atoms with Crippen LogP contribution >= 0.6 is 15.6 Å². The Morgan fingerprint density at radius 2 is 0.515 bits per heavy atom. The molecule has 0 fully saturated rings. The Kier molecular flexibility index (Phi) is 74.1. The maximum atomic E-state index is 12.9. The highest BCUT2D eigenvalue weighted by molar-refractivity contribution is 7.47. The number of carbonyl (C=O) groups excluding carboxylic acids is 3. The number of allylic oxidation sites excluding steroid dienone is 22. The Morgan fingerprint density at radius 3 is 0.816 bits per heavy atom. The first-order valence-corrected chi connectivity index (χ1v) is 43.5. The van der Waals surface area contributed by atoms with Crippen molar-refractivity contribution in [1.29, 1.82) is 0 Å². The molecule has 0 saturated carbocycles. The summed E-state index contributed by atoms with van der Waals surface area (Å²) in [6.07, 6.45) is 93.7. The fourth-order valence-corrected chi connectivity index (χ4v) is 12.4. The van der Waals surface area contributed by atoms with Gasteiger partial charge in [-0.25, -0.2) is 9.13 Å². The normalized spacial score (nSPS) is 14.7. The molecule has 4 N–H and O–H groups in total. The zero-order chi connectivity index (χ0) is 75.2. The molecule has 0 aliphatic carbocycles. The largest absolute Gasteiger partial charge is 0.472 e. The average Bonchev–Trinajstić information content (AvgIpc) is 0.937. The highest BCUT2D eigenvalue weighted by Crippen LogP contribution is 2.45. The minimum Gasteiger partial charge on any atom is -0.463 e. The van der Waals surface area contributed by atoms with Crippen molar-refractivity contribution in [2.24, 2.45) is 0 Å². The SMILES string of the molecule is CC/C=C\C/C=C\C/C=C\C/C=C\C/C=C\C/C=C\CCCCCCCCCCCCCCCCC(=O)OCC(O)COP(=O)(O)OCC(O)COP(=O)(O)OCC(COC(=O)CCCCCCC/C=C\C/C=C\C/C=C\C/C=C\C/C=C\CC)OC(=O)CCCCCCCCCCCCCCC.